The lowest BCUT2D eigenvalue weighted by Crippen LogP contribution is -2.26. The van der Waals surface area contributed by atoms with E-state index in [-0.39, 0.29) is 16.4 Å². The van der Waals surface area contributed by atoms with Crippen LogP contribution in [0, 0.1) is 13.8 Å². The number of ether oxygens (including phenoxy) is 1. The summed E-state index contributed by atoms with van der Waals surface area (Å²) < 4.78 is 33.6. The van der Waals surface area contributed by atoms with Crippen LogP contribution in [0.15, 0.2) is 71.6 Å². The maximum absolute atomic E-state index is 13.1. The van der Waals surface area contributed by atoms with E-state index in [1.54, 1.807) is 68.6 Å². The lowest BCUT2D eigenvalue weighted by Gasteiger charge is -2.14. The second-order valence-electron chi connectivity index (χ2n) is 8.06. The van der Waals surface area contributed by atoms with Crippen LogP contribution < -0.4 is 15.4 Å². The van der Waals surface area contributed by atoms with E-state index in [1.807, 2.05) is 13.0 Å². The molecule has 3 rings (SSSR count). The summed E-state index contributed by atoms with van der Waals surface area (Å²) >= 11 is 0. The van der Waals surface area contributed by atoms with Gasteiger partial charge >= 0.3 is 0 Å². The number of nitrogens with one attached hydrogen (secondary N) is 3. The van der Waals surface area contributed by atoms with Crippen LogP contribution in [-0.2, 0) is 14.8 Å². The van der Waals surface area contributed by atoms with Gasteiger partial charge in [-0.15, -0.1) is 0 Å². The fourth-order valence-corrected chi connectivity index (χ4v) is 4.77. The normalized spacial score (nSPS) is 11.1. The molecule has 0 atom stereocenters. The van der Waals surface area contributed by atoms with Crippen LogP contribution in [-0.4, -0.2) is 40.5 Å². The van der Waals surface area contributed by atoms with Gasteiger partial charge in [0.2, 0.25) is 0 Å². The molecule has 9 heteroatoms. The first-order valence-corrected chi connectivity index (χ1v) is 12.6. The van der Waals surface area contributed by atoms with Crippen molar-refractivity contribution in [2.45, 2.75) is 25.2 Å². The molecule has 0 saturated carbocycles. The van der Waals surface area contributed by atoms with Crippen molar-refractivity contribution in [2.75, 3.05) is 30.3 Å². The number of carbonyl (C=O) groups excluding carboxylic acids is 2. The van der Waals surface area contributed by atoms with Crippen molar-refractivity contribution in [3.8, 4) is 0 Å². The molecule has 0 saturated heterocycles. The molecule has 0 heterocycles. The second kappa shape index (κ2) is 11.6. The third kappa shape index (κ3) is 6.91. The molecule has 8 nitrogen and oxygen atoms in total. The van der Waals surface area contributed by atoms with E-state index in [1.165, 1.54) is 6.07 Å². The first kappa shape index (κ1) is 25.9. The fourth-order valence-electron chi connectivity index (χ4n) is 3.45. The van der Waals surface area contributed by atoms with E-state index in [0.29, 0.717) is 42.1 Å². The van der Waals surface area contributed by atoms with Gasteiger partial charge in [-0.2, -0.15) is 0 Å². The third-order valence-corrected chi connectivity index (χ3v) is 6.76. The molecule has 0 aliphatic carbocycles. The largest absolute Gasteiger partial charge is 0.385 e. The number of rotatable bonds is 10. The van der Waals surface area contributed by atoms with Crippen LogP contribution in [0.25, 0.3) is 0 Å². The number of benzene rings is 3. The summed E-state index contributed by atoms with van der Waals surface area (Å²) in [6.07, 6.45) is 0.661. The number of para-hydroxylation sites is 1. The first-order valence-electron chi connectivity index (χ1n) is 11.1. The Balaban J connectivity index is 1.80. The molecular weight excluding hydrogens is 466 g/mol. The van der Waals surface area contributed by atoms with Crippen molar-refractivity contribution in [1.82, 2.24) is 5.32 Å². The summed E-state index contributed by atoms with van der Waals surface area (Å²) in [7, 11) is -2.34. The Morgan fingerprint density at radius 2 is 1.69 bits per heavy atom. The minimum Gasteiger partial charge on any atom is -0.385 e. The van der Waals surface area contributed by atoms with Crippen LogP contribution >= 0.6 is 0 Å². The molecule has 3 N–H and O–H groups in total. The molecule has 35 heavy (non-hydrogen) atoms. The lowest BCUT2D eigenvalue weighted by atomic mass is 10.1. The van der Waals surface area contributed by atoms with E-state index < -0.39 is 15.9 Å². The molecule has 0 fully saturated rings. The van der Waals surface area contributed by atoms with Crippen LogP contribution in [0.5, 0.6) is 0 Å². The van der Waals surface area contributed by atoms with Gasteiger partial charge in [0.15, 0.2) is 0 Å². The summed E-state index contributed by atoms with van der Waals surface area (Å²) in [5.74, 6) is -0.858. The number of aryl methyl sites for hydroxylation is 2. The zero-order chi connectivity index (χ0) is 25.4. The van der Waals surface area contributed by atoms with E-state index in [9.17, 15) is 18.0 Å². The highest BCUT2D eigenvalue weighted by molar-refractivity contribution is 7.92. The summed E-state index contributed by atoms with van der Waals surface area (Å²) in [5, 5.41) is 5.52. The SMILES string of the molecule is COCCCNC(=O)c1ccccc1NC(=O)c1ccc(C)c(S(=O)(=O)Nc2cccc(C)c2)c1. The molecule has 2 amide bonds. The number of methoxy groups -OCH3 is 1. The zero-order valence-electron chi connectivity index (χ0n) is 19.9. The summed E-state index contributed by atoms with van der Waals surface area (Å²) in [6.45, 7) is 4.49. The Bertz CT molecular complexity index is 1320. The molecule has 184 valence electrons. The number of hydrogen-bond donors (Lipinski definition) is 3. The Morgan fingerprint density at radius 3 is 2.43 bits per heavy atom. The molecule has 0 unspecified atom stereocenters. The monoisotopic (exact) mass is 495 g/mol. The summed E-state index contributed by atoms with van der Waals surface area (Å²) in [5.41, 5.74) is 2.62. The number of anilines is 2. The van der Waals surface area contributed by atoms with Crippen LogP contribution in [0.2, 0.25) is 0 Å². The van der Waals surface area contributed by atoms with Crippen molar-refractivity contribution in [3.05, 3.63) is 89.0 Å². The van der Waals surface area contributed by atoms with E-state index >= 15 is 0 Å². The van der Waals surface area contributed by atoms with E-state index in [2.05, 4.69) is 15.4 Å². The maximum atomic E-state index is 13.1. The smallest absolute Gasteiger partial charge is 0.262 e. The predicted molar refractivity (Wildman–Crippen MR) is 136 cm³/mol. The molecule has 3 aromatic rings. The average molecular weight is 496 g/mol. The first-order chi connectivity index (χ1) is 16.7. The highest BCUT2D eigenvalue weighted by Crippen LogP contribution is 2.23. The number of amides is 2. The zero-order valence-corrected chi connectivity index (χ0v) is 20.7. The Morgan fingerprint density at radius 1 is 0.914 bits per heavy atom. The van der Waals surface area contributed by atoms with Gasteiger partial charge in [-0.25, -0.2) is 8.42 Å². The van der Waals surface area contributed by atoms with Crippen molar-refractivity contribution in [1.29, 1.82) is 0 Å². The van der Waals surface area contributed by atoms with Gasteiger partial charge < -0.3 is 15.4 Å². The molecular formula is C26H29N3O5S. The van der Waals surface area contributed by atoms with Crippen LogP contribution in [0.3, 0.4) is 0 Å². The van der Waals surface area contributed by atoms with Gasteiger partial charge in [0.1, 0.15) is 0 Å². The number of hydrogen-bond acceptors (Lipinski definition) is 5. The fraction of sp³-hybridized carbons (Fsp3) is 0.231. The molecule has 0 spiro atoms. The quantitative estimate of drug-likeness (QED) is 0.366. The molecule has 3 aromatic carbocycles. The van der Waals surface area contributed by atoms with Gasteiger partial charge in [-0.05, 0) is 67.8 Å². The van der Waals surface area contributed by atoms with Gasteiger partial charge in [0.25, 0.3) is 21.8 Å². The van der Waals surface area contributed by atoms with Crippen molar-refractivity contribution >= 4 is 33.2 Å². The van der Waals surface area contributed by atoms with Gasteiger partial charge in [0.05, 0.1) is 16.1 Å². The summed E-state index contributed by atoms with van der Waals surface area (Å²) in [6, 6.07) is 18.1. The predicted octanol–water partition coefficient (Wildman–Crippen LogP) is 4.12. The lowest BCUT2D eigenvalue weighted by molar-refractivity contribution is 0.0949. The molecule has 0 aromatic heterocycles. The molecule has 0 aliphatic heterocycles. The van der Waals surface area contributed by atoms with E-state index in [0.717, 1.165) is 5.56 Å². The number of carbonyl (C=O) groups is 2. The third-order valence-electron chi connectivity index (χ3n) is 5.24. The highest BCUT2D eigenvalue weighted by Gasteiger charge is 2.20. The molecule has 0 radical (unpaired) electrons. The summed E-state index contributed by atoms with van der Waals surface area (Å²) in [4.78, 5) is 25.6. The molecule has 0 aliphatic rings. The topological polar surface area (TPSA) is 114 Å². The minimum absolute atomic E-state index is 0.00386. The second-order valence-corrected chi connectivity index (χ2v) is 9.71. The Labute approximate surface area is 205 Å². The van der Waals surface area contributed by atoms with Gasteiger partial charge in [-0.1, -0.05) is 30.3 Å². The van der Waals surface area contributed by atoms with Gasteiger partial charge in [0, 0.05) is 31.5 Å². The average Bonchev–Trinajstić information content (AvgIpc) is 2.82. The van der Waals surface area contributed by atoms with Crippen molar-refractivity contribution in [3.63, 3.8) is 0 Å². The molecule has 0 bridgehead atoms. The van der Waals surface area contributed by atoms with Gasteiger partial charge in [-0.3, -0.25) is 14.3 Å². The van der Waals surface area contributed by atoms with Crippen molar-refractivity contribution < 1.29 is 22.7 Å². The van der Waals surface area contributed by atoms with Crippen LogP contribution in [0.4, 0.5) is 11.4 Å². The number of sulfonamides is 1. The Kier molecular flexibility index (Phi) is 8.62. The maximum Gasteiger partial charge on any atom is 0.262 e. The van der Waals surface area contributed by atoms with E-state index in [4.69, 9.17) is 4.74 Å². The van der Waals surface area contributed by atoms with Crippen molar-refractivity contribution in [2.24, 2.45) is 0 Å². The Hall–Kier alpha value is -3.69. The highest BCUT2D eigenvalue weighted by atomic mass is 32.2. The van der Waals surface area contributed by atoms with Crippen LogP contribution in [0.1, 0.15) is 38.3 Å². The standard InChI is InChI=1S/C26H29N3O5S/c1-18-8-6-9-21(16-18)29-35(32,33)24-17-20(13-12-19(24)2)25(30)28-23-11-5-4-10-22(23)26(31)27-14-7-15-34-3/h4-6,8-13,16-17,29H,7,14-15H2,1-3H3,(H,27,31)(H,28,30). The minimum atomic E-state index is -3.93.